The summed E-state index contributed by atoms with van der Waals surface area (Å²) in [5.41, 5.74) is 2.24. The minimum atomic E-state index is 0.533. The third kappa shape index (κ3) is 4.27. The van der Waals surface area contributed by atoms with E-state index in [9.17, 15) is 0 Å². The number of para-hydroxylation sites is 1. The summed E-state index contributed by atoms with van der Waals surface area (Å²) in [6.07, 6.45) is 3.67. The molecule has 1 aliphatic heterocycles. The molecule has 0 saturated carbocycles. The fourth-order valence-corrected chi connectivity index (χ4v) is 3.43. The van der Waals surface area contributed by atoms with Gasteiger partial charge in [-0.05, 0) is 51.8 Å². The highest BCUT2D eigenvalue weighted by Gasteiger charge is 2.20. The van der Waals surface area contributed by atoms with E-state index in [-0.39, 0.29) is 0 Å². The largest absolute Gasteiger partial charge is 0.381 e. The Kier molecular flexibility index (Phi) is 5.77. The Morgan fingerprint density at radius 1 is 1.24 bits per heavy atom. The lowest BCUT2D eigenvalue weighted by Gasteiger charge is -2.25. The molecule has 0 radical (unpaired) electrons. The van der Waals surface area contributed by atoms with Crippen molar-refractivity contribution in [1.29, 1.82) is 0 Å². The van der Waals surface area contributed by atoms with Crippen LogP contribution in [0.15, 0.2) is 18.2 Å². The molecule has 1 atom stereocenters. The second-order valence-corrected chi connectivity index (χ2v) is 6.84. The van der Waals surface area contributed by atoms with Gasteiger partial charge in [0.2, 0.25) is 0 Å². The molecule has 0 amide bonds. The van der Waals surface area contributed by atoms with Gasteiger partial charge in [-0.2, -0.15) is 0 Å². The van der Waals surface area contributed by atoms with E-state index in [1.807, 2.05) is 26.2 Å². The lowest BCUT2D eigenvalue weighted by atomic mass is 10.1. The fourth-order valence-electron chi connectivity index (χ4n) is 3.09. The molecule has 1 aliphatic rings. The first-order chi connectivity index (χ1) is 9.99. The lowest BCUT2D eigenvalue weighted by Crippen LogP contribution is -2.32. The van der Waals surface area contributed by atoms with Gasteiger partial charge in [0.1, 0.15) is 0 Å². The molecule has 118 valence electrons. The molecule has 1 heterocycles. The van der Waals surface area contributed by atoms with Crippen LogP contribution in [0.1, 0.15) is 33.1 Å². The van der Waals surface area contributed by atoms with Gasteiger partial charge in [-0.3, -0.25) is 0 Å². The number of halogens is 1. The molecule has 1 saturated heterocycles. The molecule has 0 aromatic heterocycles. The smallest absolute Gasteiger partial charge is 0.0786 e. The van der Waals surface area contributed by atoms with E-state index in [2.05, 4.69) is 35.0 Å². The van der Waals surface area contributed by atoms with Crippen LogP contribution < -0.4 is 10.2 Å². The topological polar surface area (TPSA) is 18.5 Å². The molecule has 1 aromatic carbocycles. The Morgan fingerprint density at radius 2 is 2.00 bits per heavy atom. The number of hydrogen-bond acceptors (Lipinski definition) is 3. The van der Waals surface area contributed by atoms with Crippen molar-refractivity contribution in [2.75, 3.05) is 37.4 Å². The second kappa shape index (κ2) is 7.37. The second-order valence-electron chi connectivity index (χ2n) is 6.43. The van der Waals surface area contributed by atoms with Crippen LogP contribution >= 0.6 is 11.6 Å². The van der Waals surface area contributed by atoms with Crippen LogP contribution in [0.25, 0.3) is 0 Å². The van der Waals surface area contributed by atoms with Gasteiger partial charge in [0.15, 0.2) is 0 Å². The number of likely N-dealkylation sites (tertiary alicyclic amines) is 1. The Hall–Kier alpha value is -0.930. The lowest BCUT2D eigenvalue weighted by molar-refractivity contribution is 0.230. The molecule has 1 N–H and O–H groups in total. The zero-order chi connectivity index (χ0) is 15.4. The van der Waals surface area contributed by atoms with E-state index in [4.69, 9.17) is 11.6 Å². The number of benzene rings is 1. The predicted octanol–water partition coefficient (Wildman–Crippen LogP) is 4.08. The minimum absolute atomic E-state index is 0.533. The Labute approximate surface area is 134 Å². The maximum atomic E-state index is 6.35. The predicted molar refractivity (Wildman–Crippen MR) is 93.7 cm³/mol. The highest BCUT2D eigenvalue weighted by atomic mass is 35.5. The van der Waals surface area contributed by atoms with Gasteiger partial charge >= 0.3 is 0 Å². The van der Waals surface area contributed by atoms with Crippen LogP contribution in [-0.4, -0.2) is 44.2 Å². The zero-order valence-corrected chi connectivity index (χ0v) is 14.5. The number of nitrogens with one attached hydrogen (secondary N) is 1. The van der Waals surface area contributed by atoms with E-state index in [0.29, 0.717) is 12.1 Å². The number of hydrogen-bond donors (Lipinski definition) is 1. The van der Waals surface area contributed by atoms with Crippen LogP contribution in [0.3, 0.4) is 0 Å². The van der Waals surface area contributed by atoms with Gasteiger partial charge in [-0.1, -0.05) is 17.7 Å². The first-order valence-electron chi connectivity index (χ1n) is 7.95. The van der Waals surface area contributed by atoms with Crippen molar-refractivity contribution in [2.45, 2.75) is 45.2 Å². The van der Waals surface area contributed by atoms with Crippen LogP contribution in [-0.2, 0) is 0 Å². The summed E-state index contributed by atoms with van der Waals surface area (Å²) < 4.78 is 0. The summed E-state index contributed by atoms with van der Waals surface area (Å²) in [6, 6.07) is 7.29. The van der Waals surface area contributed by atoms with Crippen LogP contribution in [0, 0.1) is 0 Å². The number of anilines is 2. The Balaban J connectivity index is 2.07. The van der Waals surface area contributed by atoms with Gasteiger partial charge < -0.3 is 15.1 Å². The molecule has 1 unspecified atom stereocenters. The molecule has 4 heteroatoms. The van der Waals surface area contributed by atoms with Crippen LogP contribution in [0.4, 0.5) is 11.4 Å². The molecule has 2 rings (SSSR count). The summed E-state index contributed by atoms with van der Waals surface area (Å²) in [4.78, 5) is 4.66. The van der Waals surface area contributed by atoms with Crippen molar-refractivity contribution in [1.82, 2.24) is 4.90 Å². The van der Waals surface area contributed by atoms with Crippen LogP contribution in [0.2, 0.25) is 5.02 Å². The molecule has 3 nitrogen and oxygen atoms in total. The van der Waals surface area contributed by atoms with Gasteiger partial charge in [-0.25, -0.2) is 0 Å². The van der Waals surface area contributed by atoms with Crippen molar-refractivity contribution < 1.29 is 0 Å². The highest BCUT2D eigenvalue weighted by Crippen LogP contribution is 2.33. The maximum Gasteiger partial charge on any atom is 0.0786 e. The van der Waals surface area contributed by atoms with Crippen molar-refractivity contribution in [2.24, 2.45) is 0 Å². The molecular weight excluding hydrogens is 282 g/mol. The zero-order valence-electron chi connectivity index (χ0n) is 13.7. The van der Waals surface area contributed by atoms with Crippen molar-refractivity contribution >= 4 is 23.0 Å². The van der Waals surface area contributed by atoms with Crippen molar-refractivity contribution in [3.05, 3.63) is 23.2 Å². The molecule has 21 heavy (non-hydrogen) atoms. The fraction of sp³-hybridized carbons (Fsp3) is 0.647. The average Bonchev–Trinajstić information content (AvgIpc) is 2.64. The number of nitrogens with zero attached hydrogens (tertiary/aromatic N) is 2. The SMILES string of the molecule is CC(C)N1CCCC(Nc2cccc(Cl)c2N(C)C)CC1. The standard InChI is InChI=1S/C17H28ClN3/c1-13(2)21-11-6-7-14(10-12-21)19-16-9-5-8-15(18)17(16)20(3)4/h5,8-9,13-14,19H,6-7,10-12H2,1-4H3. The third-order valence-electron chi connectivity index (χ3n) is 4.29. The van der Waals surface area contributed by atoms with E-state index in [1.165, 1.54) is 32.4 Å². The van der Waals surface area contributed by atoms with Crippen molar-refractivity contribution in [3.8, 4) is 0 Å². The highest BCUT2D eigenvalue weighted by molar-refractivity contribution is 6.34. The first-order valence-corrected chi connectivity index (χ1v) is 8.33. The molecule has 1 aromatic rings. The number of rotatable bonds is 4. The minimum Gasteiger partial charge on any atom is -0.381 e. The van der Waals surface area contributed by atoms with Gasteiger partial charge in [0.05, 0.1) is 16.4 Å². The van der Waals surface area contributed by atoms with E-state index in [1.54, 1.807) is 0 Å². The third-order valence-corrected chi connectivity index (χ3v) is 4.59. The summed E-state index contributed by atoms with van der Waals surface area (Å²) in [6.45, 7) is 6.96. The Morgan fingerprint density at radius 3 is 2.67 bits per heavy atom. The average molecular weight is 310 g/mol. The monoisotopic (exact) mass is 309 g/mol. The molecule has 1 fully saturated rings. The maximum absolute atomic E-state index is 6.35. The van der Waals surface area contributed by atoms with Crippen LogP contribution in [0.5, 0.6) is 0 Å². The molecular formula is C17H28ClN3. The van der Waals surface area contributed by atoms with E-state index < -0.39 is 0 Å². The summed E-state index contributed by atoms with van der Waals surface area (Å²) in [5, 5.41) is 4.53. The normalized spacial score (nSPS) is 20.4. The van der Waals surface area contributed by atoms with E-state index >= 15 is 0 Å². The molecule has 0 bridgehead atoms. The summed E-state index contributed by atoms with van der Waals surface area (Å²) >= 11 is 6.35. The van der Waals surface area contributed by atoms with Gasteiger partial charge in [-0.15, -0.1) is 0 Å². The molecule has 0 aliphatic carbocycles. The quantitative estimate of drug-likeness (QED) is 0.904. The molecule has 0 spiro atoms. The summed E-state index contributed by atoms with van der Waals surface area (Å²) in [5.74, 6) is 0. The first kappa shape index (κ1) is 16.4. The van der Waals surface area contributed by atoms with E-state index in [0.717, 1.165) is 16.4 Å². The van der Waals surface area contributed by atoms with Gasteiger partial charge in [0.25, 0.3) is 0 Å². The summed E-state index contributed by atoms with van der Waals surface area (Å²) in [7, 11) is 4.08. The Bertz CT molecular complexity index is 459. The van der Waals surface area contributed by atoms with Crippen molar-refractivity contribution in [3.63, 3.8) is 0 Å². The van der Waals surface area contributed by atoms with Gasteiger partial charge in [0, 0.05) is 32.7 Å².